The first-order chi connectivity index (χ1) is 20.2. The number of halogens is 3. The Hall–Kier alpha value is -4.25. The number of amides is 2. The topological polar surface area (TPSA) is 83.1 Å². The van der Waals surface area contributed by atoms with Gasteiger partial charge in [-0.3, -0.25) is 9.59 Å². The van der Waals surface area contributed by atoms with Crippen LogP contribution in [0.1, 0.15) is 39.6 Å². The molecule has 3 aromatic carbocycles. The lowest BCUT2D eigenvalue weighted by atomic mass is 10.1. The molecule has 8 nitrogen and oxygen atoms in total. The Labute approximate surface area is 243 Å². The molecule has 1 aliphatic rings. The monoisotopic (exact) mass is 584 g/mol. The number of hydrogen-bond acceptors (Lipinski definition) is 6. The largest absolute Gasteiger partial charge is 0.495 e. The van der Waals surface area contributed by atoms with Gasteiger partial charge in [-0.1, -0.05) is 18.2 Å². The van der Waals surface area contributed by atoms with Gasteiger partial charge in [0.25, 0.3) is 11.8 Å². The molecule has 3 aromatic rings. The second kappa shape index (κ2) is 14.1. The van der Waals surface area contributed by atoms with E-state index in [1.54, 1.807) is 25.3 Å². The highest BCUT2D eigenvalue weighted by atomic mass is 19.4. The highest BCUT2D eigenvalue weighted by Crippen LogP contribution is 2.32. The molecule has 42 heavy (non-hydrogen) atoms. The van der Waals surface area contributed by atoms with Gasteiger partial charge in [0, 0.05) is 62.9 Å². The number of alkyl halides is 3. The Kier molecular flexibility index (Phi) is 10.3. The number of nitrogens with zero attached hydrogens (tertiary/aromatic N) is 2. The zero-order valence-corrected chi connectivity index (χ0v) is 23.7. The third kappa shape index (κ3) is 7.73. The van der Waals surface area contributed by atoms with E-state index >= 15 is 0 Å². The van der Waals surface area contributed by atoms with Crippen molar-refractivity contribution in [1.82, 2.24) is 5.32 Å². The van der Waals surface area contributed by atoms with E-state index in [-0.39, 0.29) is 11.5 Å². The number of carbonyl (C=O) groups is 2. The second-order valence-corrected chi connectivity index (χ2v) is 9.72. The summed E-state index contributed by atoms with van der Waals surface area (Å²) in [6.45, 7) is 6.08. The number of para-hydroxylation sites is 2. The highest BCUT2D eigenvalue weighted by Gasteiger charge is 2.31. The Morgan fingerprint density at radius 3 is 2.29 bits per heavy atom. The van der Waals surface area contributed by atoms with Crippen molar-refractivity contribution in [3.63, 3.8) is 0 Å². The molecule has 1 heterocycles. The third-order valence-electron chi connectivity index (χ3n) is 6.95. The van der Waals surface area contributed by atoms with Crippen molar-refractivity contribution < 1.29 is 32.2 Å². The average molecular weight is 585 g/mol. The molecule has 1 aliphatic heterocycles. The van der Waals surface area contributed by atoms with Crippen LogP contribution in [0.3, 0.4) is 0 Å². The lowest BCUT2D eigenvalue weighted by Crippen LogP contribution is -2.47. The van der Waals surface area contributed by atoms with E-state index in [1.807, 2.05) is 31.2 Å². The number of rotatable bonds is 11. The van der Waals surface area contributed by atoms with Gasteiger partial charge >= 0.3 is 6.18 Å². The van der Waals surface area contributed by atoms with Crippen LogP contribution in [-0.4, -0.2) is 64.9 Å². The van der Waals surface area contributed by atoms with Gasteiger partial charge in [0.15, 0.2) is 0 Å². The maximum atomic E-state index is 13.3. The number of piperazine rings is 1. The zero-order valence-electron chi connectivity index (χ0n) is 23.7. The van der Waals surface area contributed by atoms with Crippen LogP contribution >= 0.6 is 0 Å². The average Bonchev–Trinajstić information content (AvgIpc) is 3.00. The summed E-state index contributed by atoms with van der Waals surface area (Å²) < 4.78 is 50.3. The predicted molar refractivity (Wildman–Crippen MR) is 157 cm³/mol. The quantitative estimate of drug-likeness (QED) is 0.292. The molecule has 0 radical (unpaired) electrons. The molecule has 11 heteroatoms. The Balaban J connectivity index is 1.53. The summed E-state index contributed by atoms with van der Waals surface area (Å²) >= 11 is 0. The molecule has 1 saturated heterocycles. The molecule has 2 N–H and O–H groups in total. The van der Waals surface area contributed by atoms with Crippen molar-refractivity contribution in [2.75, 3.05) is 68.2 Å². The number of anilines is 3. The molecule has 0 aliphatic carbocycles. The van der Waals surface area contributed by atoms with Crippen LogP contribution in [0, 0.1) is 0 Å². The molecule has 4 rings (SSSR count). The van der Waals surface area contributed by atoms with Gasteiger partial charge in [0.2, 0.25) is 0 Å². The fourth-order valence-corrected chi connectivity index (χ4v) is 4.81. The molecule has 0 unspecified atom stereocenters. The number of ether oxygens (including phenoxy) is 2. The van der Waals surface area contributed by atoms with Gasteiger partial charge in [-0.25, -0.2) is 0 Å². The standard InChI is InChI=1S/C31H35F3N4O4/c1-3-42-19-7-14-35-30(40)25-21-24(36-29(39)22-8-6-9-23(20-22)31(32,33)34)12-13-26(25)37-15-17-38(18-16-37)27-10-4-5-11-28(27)41-2/h4-6,8-13,20-21H,3,7,14-19H2,1-2H3,(H,35,40)(H,36,39). The number of methoxy groups -OCH3 is 1. The summed E-state index contributed by atoms with van der Waals surface area (Å²) in [6.07, 6.45) is -3.93. The van der Waals surface area contributed by atoms with Crippen LogP contribution < -0.4 is 25.2 Å². The minimum atomic E-state index is -4.57. The van der Waals surface area contributed by atoms with E-state index in [0.717, 1.165) is 23.6 Å². The van der Waals surface area contributed by atoms with Crippen molar-refractivity contribution >= 4 is 28.9 Å². The van der Waals surface area contributed by atoms with Gasteiger partial charge in [0.05, 0.1) is 23.9 Å². The molecular weight excluding hydrogens is 549 g/mol. The van der Waals surface area contributed by atoms with E-state index in [2.05, 4.69) is 20.4 Å². The Bertz CT molecular complexity index is 1370. The number of benzene rings is 3. The highest BCUT2D eigenvalue weighted by molar-refractivity contribution is 6.06. The summed E-state index contributed by atoms with van der Waals surface area (Å²) in [4.78, 5) is 30.5. The van der Waals surface area contributed by atoms with Crippen LogP contribution in [0.5, 0.6) is 5.75 Å². The minimum absolute atomic E-state index is 0.136. The van der Waals surface area contributed by atoms with Crippen LogP contribution in [0.25, 0.3) is 0 Å². The fraction of sp³-hybridized carbons (Fsp3) is 0.355. The summed E-state index contributed by atoms with van der Waals surface area (Å²) in [5, 5.41) is 5.55. The van der Waals surface area contributed by atoms with E-state index in [9.17, 15) is 22.8 Å². The van der Waals surface area contributed by atoms with Gasteiger partial charge in [-0.05, 0) is 61.9 Å². The smallest absolute Gasteiger partial charge is 0.416 e. The van der Waals surface area contributed by atoms with Crippen LogP contribution in [0.4, 0.5) is 30.2 Å². The van der Waals surface area contributed by atoms with Crippen molar-refractivity contribution in [1.29, 1.82) is 0 Å². The number of hydrogen-bond donors (Lipinski definition) is 2. The van der Waals surface area contributed by atoms with Gasteiger partial charge < -0.3 is 29.9 Å². The van der Waals surface area contributed by atoms with Crippen LogP contribution in [0.15, 0.2) is 66.7 Å². The van der Waals surface area contributed by atoms with Crippen molar-refractivity contribution in [3.8, 4) is 5.75 Å². The van der Waals surface area contributed by atoms with Crippen LogP contribution in [0.2, 0.25) is 0 Å². The molecule has 0 saturated carbocycles. The molecular formula is C31H35F3N4O4. The number of carbonyl (C=O) groups excluding carboxylic acids is 2. The first-order valence-corrected chi connectivity index (χ1v) is 13.8. The van der Waals surface area contributed by atoms with Gasteiger partial charge in [0.1, 0.15) is 5.75 Å². The van der Waals surface area contributed by atoms with Crippen LogP contribution in [-0.2, 0) is 10.9 Å². The van der Waals surface area contributed by atoms with E-state index in [1.165, 1.54) is 12.1 Å². The SMILES string of the molecule is CCOCCCNC(=O)c1cc(NC(=O)c2cccc(C(F)(F)F)c2)ccc1N1CCN(c2ccccc2OC)CC1. The molecule has 0 bridgehead atoms. The minimum Gasteiger partial charge on any atom is -0.495 e. The molecule has 0 atom stereocenters. The molecule has 1 fully saturated rings. The van der Waals surface area contributed by atoms with E-state index in [0.29, 0.717) is 69.3 Å². The first kappa shape index (κ1) is 30.7. The predicted octanol–water partition coefficient (Wildman–Crippen LogP) is 5.45. The summed E-state index contributed by atoms with van der Waals surface area (Å²) in [5.74, 6) is -0.231. The third-order valence-corrected chi connectivity index (χ3v) is 6.95. The first-order valence-electron chi connectivity index (χ1n) is 13.8. The lowest BCUT2D eigenvalue weighted by molar-refractivity contribution is -0.137. The van der Waals surface area contributed by atoms with Gasteiger partial charge in [-0.2, -0.15) is 13.2 Å². The van der Waals surface area contributed by atoms with Crippen molar-refractivity contribution in [2.45, 2.75) is 19.5 Å². The van der Waals surface area contributed by atoms with E-state index < -0.39 is 17.6 Å². The van der Waals surface area contributed by atoms with E-state index in [4.69, 9.17) is 9.47 Å². The molecule has 2 amide bonds. The van der Waals surface area contributed by atoms with Gasteiger partial charge in [-0.15, -0.1) is 0 Å². The van der Waals surface area contributed by atoms with Crippen molar-refractivity contribution in [3.05, 3.63) is 83.4 Å². The number of nitrogens with one attached hydrogen (secondary N) is 2. The molecule has 224 valence electrons. The zero-order chi connectivity index (χ0) is 30.1. The summed E-state index contributed by atoms with van der Waals surface area (Å²) in [6, 6.07) is 17.0. The maximum absolute atomic E-state index is 13.3. The Morgan fingerprint density at radius 1 is 0.881 bits per heavy atom. The molecule has 0 spiro atoms. The maximum Gasteiger partial charge on any atom is 0.416 e. The van der Waals surface area contributed by atoms with Crippen molar-refractivity contribution in [2.24, 2.45) is 0 Å². The fourth-order valence-electron chi connectivity index (χ4n) is 4.81. The normalized spacial score (nSPS) is 13.5. The Morgan fingerprint density at radius 2 is 1.60 bits per heavy atom. The molecule has 0 aromatic heterocycles. The second-order valence-electron chi connectivity index (χ2n) is 9.72. The summed E-state index contributed by atoms with van der Waals surface area (Å²) in [7, 11) is 1.64. The summed E-state index contributed by atoms with van der Waals surface area (Å²) in [5.41, 5.74) is 1.31. The lowest BCUT2D eigenvalue weighted by Gasteiger charge is -2.38.